The van der Waals surface area contributed by atoms with Gasteiger partial charge < -0.3 is 4.74 Å². The van der Waals surface area contributed by atoms with Gasteiger partial charge in [0.25, 0.3) is 11.6 Å². The molecule has 0 saturated heterocycles. The average Bonchev–Trinajstić information content (AvgIpc) is 2.76. The van der Waals surface area contributed by atoms with Crippen molar-refractivity contribution in [3.63, 3.8) is 0 Å². The zero-order valence-electron chi connectivity index (χ0n) is 15.3. The third-order valence-electron chi connectivity index (χ3n) is 3.89. The lowest BCUT2D eigenvalue weighted by Gasteiger charge is -2.08. The highest BCUT2D eigenvalue weighted by atomic mass is 79.9. The molecular formula is C21H14BrN3O5. The molecule has 0 heterocycles. The van der Waals surface area contributed by atoms with Crippen LogP contribution in [0.5, 0.6) is 5.75 Å². The molecule has 0 aliphatic rings. The van der Waals surface area contributed by atoms with E-state index in [1.807, 2.05) is 0 Å². The van der Waals surface area contributed by atoms with Crippen molar-refractivity contribution in [2.75, 3.05) is 0 Å². The van der Waals surface area contributed by atoms with E-state index in [1.54, 1.807) is 48.5 Å². The number of hydrogen-bond acceptors (Lipinski definition) is 6. The third-order valence-corrected chi connectivity index (χ3v) is 4.39. The topological polar surface area (TPSA) is 111 Å². The van der Waals surface area contributed by atoms with E-state index in [-0.39, 0.29) is 22.9 Å². The van der Waals surface area contributed by atoms with Crippen LogP contribution in [0.1, 0.15) is 26.3 Å². The number of amides is 1. The Morgan fingerprint density at radius 2 is 1.70 bits per heavy atom. The normalized spacial score (nSPS) is 10.6. The number of hydrazone groups is 1. The van der Waals surface area contributed by atoms with Crippen molar-refractivity contribution in [3.05, 3.63) is 104 Å². The highest BCUT2D eigenvalue weighted by Gasteiger charge is 2.14. The highest BCUT2D eigenvalue weighted by Crippen LogP contribution is 2.23. The molecule has 0 aliphatic heterocycles. The molecule has 3 rings (SSSR count). The Bertz CT molecular complexity index is 1120. The molecule has 0 radical (unpaired) electrons. The molecule has 0 unspecified atom stereocenters. The van der Waals surface area contributed by atoms with Crippen molar-refractivity contribution in [1.82, 2.24) is 5.43 Å². The van der Waals surface area contributed by atoms with Gasteiger partial charge in [0.05, 0.1) is 16.7 Å². The molecule has 0 bridgehead atoms. The van der Waals surface area contributed by atoms with Crippen LogP contribution >= 0.6 is 15.9 Å². The van der Waals surface area contributed by atoms with E-state index in [2.05, 4.69) is 26.5 Å². The van der Waals surface area contributed by atoms with Crippen molar-refractivity contribution >= 4 is 39.7 Å². The van der Waals surface area contributed by atoms with Crippen LogP contribution in [0.4, 0.5) is 5.69 Å². The molecule has 9 heteroatoms. The molecular weight excluding hydrogens is 454 g/mol. The van der Waals surface area contributed by atoms with Crippen LogP contribution in [0, 0.1) is 10.1 Å². The minimum absolute atomic E-state index is 0.128. The fourth-order valence-corrected chi connectivity index (χ4v) is 2.78. The number of ether oxygens (including phenoxy) is 1. The number of nitrogens with zero attached hydrogens (tertiary/aromatic N) is 2. The van der Waals surface area contributed by atoms with Gasteiger partial charge in [0.2, 0.25) is 0 Å². The van der Waals surface area contributed by atoms with Crippen LogP contribution in [0.3, 0.4) is 0 Å². The second-order valence-corrected chi connectivity index (χ2v) is 6.86. The minimum atomic E-state index is -0.685. The van der Waals surface area contributed by atoms with Gasteiger partial charge in [-0.25, -0.2) is 10.2 Å². The summed E-state index contributed by atoms with van der Waals surface area (Å²) in [5, 5.41) is 14.6. The Morgan fingerprint density at radius 1 is 1.00 bits per heavy atom. The maximum Gasteiger partial charge on any atom is 0.343 e. The first-order valence-electron chi connectivity index (χ1n) is 8.58. The Hall–Kier alpha value is -3.85. The number of hydrogen-bond donors (Lipinski definition) is 1. The van der Waals surface area contributed by atoms with Gasteiger partial charge in [0.1, 0.15) is 5.75 Å². The lowest BCUT2D eigenvalue weighted by molar-refractivity contribution is -0.384. The Morgan fingerprint density at radius 3 is 2.37 bits per heavy atom. The van der Waals surface area contributed by atoms with Crippen molar-refractivity contribution in [2.45, 2.75) is 0 Å². The molecule has 30 heavy (non-hydrogen) atoms. The van der Waals surface area contributed by atoms with E-state index in [1.165, 1.54) is 30.5 Å². The van der Waals surface area contributed by atoms with Gasteiger partial charge in [-0.05, 0) is 42.5 Å². The van der Waals surface area contributed by atoms with Gasteiger partial charge in [0, 0.05) is 27.7 Å². The Balaban J connectivity index is 1.73. The van der Waals surface area contributed by atoms with Gasteiger partial charge in [0.15, 0.2) is 0 Å². The number of rotatable bonds is 6. The first-order chi connectivity index (χ1) is 14.4. The van der Waals surface area contributed by atoms with Gasteiger partial charge in [-0.1, -0.05) is 34.1 Å². The summed E-state index contributed by atoms with van der Waals surface area (Å²) in [6.07, 6.45) is 1.35. The summed E-state index contributed by atoms with van der Waals surface area (Å²) in [6.45, 7) is 0. The molecule has 3 aromatic carbocycles. The predicted molar refractivity (Wildman–Crippen MR) is 114 cm³/mol. The minimum Gasteiger partial charge on any atom is -0.422 e. The first-order valence-corrected chi connectivity index (χ1v) is 9.38. The van der Waals surface area contributed by atoms with Crippen LogP contribution in [-0.4, -0.2) is 23.0 Å². The molecule has 1 amide bonds. The van der Waals surface area contributed by atoms with Crippen LogP contribution in [-0.2, 0) is 0 Å². The zero-order valence-corrected chi connectivity index (χ0v) is 16.9. The smallest absolute Gasteiger partial charge is 0.343 e. The Kier molecular flexibility index (Phi) is 6.66. The van der Waals surface area contributed by atoms with Gasteiger partial charge in [-0.15, -0.1) is 0 Å². The van der Waals surface area contributed by atoms with E-state index in [4.69, 9.17) is 4.74 Å². The van der Waals surface area contributed by atoms with Gasteiger partial charge in [-0.3, -0.25) is 14.9 Å². The summed E-state index contributed by atoms with van der Waals surface area (Å²) in [7, 11) is 0. The number of nitro benzene ring substituents is 1. The molecule has 1 N–H and O–H groups in total. The largest absolute Gasteiger partial charge is 0.422 e. The van der Waals surface area contributed by atoms with Crippen molar-refractivity contribution in [2.24, 2.45) is 5.10 Å². The number of non-ortho nitro benzene ring substituents is 1. The number of nitro groups is 1. The van der Waals surface area contributed by atoms with E-state index in [9.17, 15) is 19.7 Å². The number of benzene rings is 3. The maximum absolute atomic E-state index is 12.4. The molecule has 3 aromatic rings. The van der Waals surface area contributed by atoms with Crippen LogP contribution in [0.2, 0.25) is 0 Å². The summed E-state index contributed by atoms with van der Waals surface area (Å²) in [5.41, 5.74) is 3.33. The molecule has 8 nitrogen and oxygen atoms in total. The number of nitrogens with one attached hydrogen (secondary N) is 1. The van der Waals surface area contributed by atoms with Gasteiger partial charge in [-0.2, -0.15) is 5.10 Å². The number of carbonyl (C=O) groups is 2. The Labute approximate surface area is 179 Å². The molecule has 0 aromatic heterocycles. The lowest BCUT2D eigenvalue weighted by atomic mass is 10.2. The predicted octanol–water partition coefficient (Wildman–Crippen LogP) is 4.34. The highest BCUT2D eigenvalue weighted by molar-refractivity contribution is 9.10. The standard InChI is InChI=1S/C21H14BrN3O5/c22-17-8-11-19(30-21(27)15-6-9-18(10-7-15)25(28)29)16(12-17)13-23-24-20(26)14-4-2-1-3-5-14/h1-13H,(H,24,26). The van der Waals surface area contributed by atoms with Crippen LogP contribution < -0.4 is 10.2 Å². The van der Waals surface area contributed by atoms with Crippen molar-refractivity contribution in [3.8, 4) is 5.75 Å². The van der Waals surface area contributed by atoms with Crippen LogP contribution in [0.25, 0.3) is 0 Å². The second-order valence-electron chi connectivity index (χ2n) is 5.94. The van der Waals surface area contributed by atoms with Gasteiger partial charge >= 0.3 is 5.97 Å². The summed E-state index contributed by atoms with van der Waals surface area (Å²) < 4.78 is 6.11. The van der Waals surface area contributed by atoms with E-state index in [0.29, 0.717) is 15.6 Å². The average molecular weight is 468 g/mol. The number of halogens is 1. The summed E-state index contributed by atoms with van der Waals surface area (Å²) in [5.74, 6) is -0.860. The summed E-state index contributed by atoms with van der Waals surface area (Å²) in [6, 6.07) is 18.6. The van der Waals surface area contributed by atoms with E-state index < -0.39 is 10.9 Å². The summed E-state index contributed by atoms with van der Waals surface area (Å²) in [4.78, 5) is 34.6. The molecule has 0 spiro atoms. The van der Waals surface area contributed by atoms with Crippen molar-refractivity contribution < 1.29 is 19.2 Å². The fraction of sp³-hybridized carbons (Fsp3) is 0. The fourth-order valence-electron chi connectivity index (χ4n) is 2.41. The van der Waals surface area contributed by atoms with Crippen LogP contribution in [0.15, 0.2) is 82.4 Å². The third kappa shape index (κ3) is 5.36. The molecule has 0 fully saturated rings. The number of esters is 1. The molecule has 0 saturated carbocycles. The van der Waals surface area contributed by atoms with E-state index >= 15 is 0 Å². The number of carbonyl (C=O) groups excluding carboxylic acids is 2. The summed E-state index contributed by atoms with van der Waals surface area (Å²) >= 11 is 3.33. The quantitative estimate of drug-likeness (QED) is 0.190. The maximum atomic E-state index is 12.4. The molecule has 150 valence electrons. The van der Waals surface area contributed by atoms with E-state index in [0.717, 1.165) is 0 Å². The van der Waals surface area contributed by atoms with Crippen molar-refractivity contribution in [1.29, 1.82) is 0 Å². The lowest BCUT2D eigenvalue weighted by Crippen LogP contribution is -2.17. The SMILES string of the molecule is O=C(NN=Cc1cc(Br)ccc1OC(=O)c1ccc([N+](=O)[O-])cc1)c1ccccc1. The first kappa shape index (κ1) is 20.9. The monoisotopic (exact) mass is 467 g/mol. The molecule has 0 aliphatic carbocycles. The zero-order chi connectivity index (χ0) is 21.5. The molecule has 0 atom stereocenters. The second kappa shape index (κ2) is 9.57.